The van der Waals surface area contributed by atoms with Crippen LogP contribution >= 0.6 is 83.2 Å². The van der Waals surface area contributed by atoms with Crippen molar-refractivity contribution in [2.45, 2.75) is 37.8 Å². The number of halogens is 3. The van der Waals surface area contributed by atoms with Gasteiger partial charge in [0.1, 0.15) is 22.7 Å². The Morgan fingerprint density at radius 2 is 0.565 bits per heavy atom. The van der Waals surface area contributed by atoms with Crippen LogP contribution in [0.5, 0.6) is 17.2 Å². The second-order valence-corrected chi connectivity index (χ2v) is 39.2. The van der Waals surface area contributed by atoms with E-state index < -0.39 is 110 Å². The summed E-state index contributed by atoms with van der Waals surface area (Å²) in [5.74, 6) is -8.96. The third-order valence-corrected chi connectivity index (χ3v) is 31.5. The van der Waals surface area contributed by atoms with Gasteiger partial charge >= 0.3 is 30.1 Å². The van der Waals surface area contributed by atoms with Crippen LogP contribution < -0.4 is 72.1 Å². The number of imide groups is 4. The Kier molecular flexibility index (Phi) is 24.3. The van der Waals surface area contributed by atoms with E-state index in [4.69, 9.17) is 11.2 Å². The van der Waals surface area contributed by atoms with E-state index in [0.717, 1.165) is 104 Å². The number of nitrogens with zero attached hydrogens (tertiary/aromatic N) is 4. The van der Waals surface area contributed by atoms with Crippen LogP contribution in [0.1, 0.15) is 173 Å². The van der Waals surface area contributed by atoms with E-state index in [1.54, 1.807) is 78.9 Å². The minimum absolute atomic E-state index is 0.00249. The number of anilines is 4. The zero-order chi connectivity index (χ0) is 98.7. The summed E-state index contributed by atoms with van der Waals surface area (Å²) in [5.41, 5.74) is 0.428. The van der Waals surface area contributed by atoms with Crippen LogP contribution in [0.15, 0.2) is 237 Å². The molecule has 8 amide bonds. The molecule has 22 nitrogen and oxygen atoms in total. The molecule has 5 N–H and O–H groups in total. The van der Waals surface area contributed by atoms with Crippen LogP contribution in [0.4, 0.5) is 35.9 Å². The average molecular weight is 2000 g/mol. The van der Waals surface area contributed by atoms with Gasteiger partial charge in [0.15, 0.2) is 0 Å². The van der Waals surface area contributed by atoms with E-state index in [1.165, 1.54) is 78.9 Å². The third-order valence-electron chi connectivity index (χ3n) is 25.5. The van der Waals surface area contributed by atoms with Crippen molar-refractivity contribution in [1.82, 2.24) is 0 Å². The van der Waals surface area contributed by atoms with Gasteiger partial charge in [-0.1, -0.05) is 80.4 Å². The van der Waals surface area contributed by atoms with Crippen molar-refractivity contribution in [3.8, 4) is 96.4 Å². The zero-order valence-corrected chi connectivity index (χ0v) is 82.6. The number of phenols is 1. The predicted octanol–water partition coefficient (Wildman–Crippen LogP) is 15.9. The number of rotatable bonds is 20. The number of carbonyl (C=O) groups excluding carboxylic acids is 8. The van der Waals surface area contributed by atoms with Gasteiger partial charge in [-0.3, -0.25) is 38.4 Å². The molecule has 4 aliphatic heterocycles. The fraction of sp³-hybridized carbons (Fsp3) is 0.0577. The fourth-order valence-electron chi connectivity index (χ4n) is 18.0. The number of phenolic OH excluding ortho intramolecular Hbond substituents is 1. The van der Waals surface area contributed by atoms with Crippen molar-refractivity contribution in [3.05, 3.63) is 331 Å². The Bertz CT molecular complexity index is 8020. The Balaban J connectivity index is 0.558. The van der Waals surface area contributed by atoms with Gasteiger partial charge in [0.2, 0.25) is 0 Å². The van der Waals surface area contributed by atoms with Gasteiger partial charge in [0.05, 0.1) is 89.5 Å². The molecule has 18 rings (SSSR count). The molecule has 10 unspecified atom stereocenters. The average Bonchev–Trinajstić information content (AvgIpc) is 1.63. The third kappa shape index (κ3) is 16.0. The number of aromatic carboxylic acids is 4. The summed E-state index contributed by atoms with van der Waals surface area (Å²) in [6, 6.07) is 57.9. The van der Waals surface area contributed by atoms with Crippen molar-refractivity contribution in [2.24, 2.45) is 0 Å². The van der Waals surface area contributed by atoms with Crippen molar-refractivity contribution in [2.75, 3.05) is 19.6 Å². The molecule has 10 atom stereocenters. The van der Waals surface area contributed by atoms with Crippen LogP contribution in [0.3, 0.4) is 0 Å². The molecule has 4 heterocycles. The summed E-state index contributed by atoms with van der Waals surface area (Å²) in [4.78, 5) is 169. The maximum absolute atomic E-state index is 16.2. The first-order chi connectivity index (χ1) is 65.4. The summed E-state index contributed by atoms with van der Waals surface area (Å²) < 4.78 is 54.9. The lowest BCUT2D eigenvalue weighted by Crippen LogP contribution is -2.41. The molecule has 34 heteroatoms. The quantitative estimate of drug-likeness (QED) is 0.0269. The number of carboxylic acid groups (broad SMARTS) is 4. The highest BCUT2D eigenvalue weighted by atomic mass is 31.0. The molecule has 138 heavy (non-hydrogen) atoms. The smallest absolute Gasteiger partial charge is 0.402 e. The summed E-state index contributed by atoms with van der Waals surface area (Å²) in [7, 11) is 24.2. The molecule has 4 aliphatic rings. The standard InChI is InChI=1S/C104H72F3N4O18P9/c1-5-45-26-52(98(121)122)34-60(27-45)108-90(113)67-22-12-56(38-74(67)94(108)117)102(2,3)57-13-23-68-75(39-57)95(118)109(91(68)114)61-31-49(28-53(35-61)99(123)124)72-43-79(131)82(88(137)85(72)134)47-8-18-65(19-9-47)129-66-20-10-48(11-21-66)83-80(132)44-73(86(135)89(83)138)51-30-55(101(127)128)37-63(33-51)111-93(116)70-25-15-59(41-77(70)97(111)120)103(4,104(105,106)107)58-14-24-69-76(40-58)96(119)110(92(69)115)62-32-50(29-54(36-62)100(125)126)71-42-78(130)81(87(136)84(71)133)46-6-16-64(112)17-7-46/h1,6-44,112H,130-138H2,2-4H3,(H,121,122)(H,123,124)(H,125,126)(H,127,128). The number of hydrogen-bond donors (Lipinski definition) is 5. The molecule has 0 aromatic heterocycles. The molecular weight excluding hydrogens is 1930 g/mol. The summed E-state index contributed by atoms with van der Waals surface area (Å²) >= 11 is 0. The molecule has 0 bridgehead atoms. The van der Waals surface area contributed by atoms with E-state index in [9.17, 15) is 83.1 Å². The normalized spacial score (nSPS) is 13.8. The SMILES string of the molecule is C#Cc1cc(C(=O)O)cc(N2C(=O)c3ccc(C(C)(C)c4ccc5c(c4)C(=O)N(c4cc(C(=O)O)cc(-c6cc(P)c(-c7ccc(Oc8ccc(-c9c(P)cc(-c%10cc(C(=O)O)cc(N%11C(=O)c%12ccc(C(C)(c%13ccc%14c(c%13)C(=O)N(c%13cc(C(=O)O)cc(-c%15cc(P)c(-c%16ccc(O)cc%16)c(P)c%15P)c%13)C%14=O)C(F)(F)F)cc%12C%11=O)c%10)c(P)c9P)cc8)cc7)c(P)c6P)c4)C5=O)cc3C2=O)c1. The van der Waals surface area contributed by atoms with E-state index >= 15 is 13.2 Å². The van der Waals surface area contributed by atoms with Gasteiger partial charge in [-0.15, -0.1) is 89.6 Å². The first-order valence-electron chi connectivity index (χ1n) is 41.7. The topological polar surface area (TPSA) is 328 Å². The first kappa shape index (κ1) is 94.7. The molecule has 0 saturated carbocycles. The number of benzene rings is 14. The lowest BCUT2D eigenvalue weighted by atomic mass is 9.74. The fourth-order valence-corrected chi connectivity index (χ4v) is 22.6. The van der Waals surface area contributed by atoms with Gasteiger partial charge < -0.3 is 30.3 Å². The molecule has 14 aromatic rings. The number of aromatic hydroxyl groups is 1. The number of carboxylic acids is 4. The summed E-state index contributed by atoms with van der Waals surface area (Å²) in [6.45, 7) is 4.49. The Morgan fingerprint density at radius 3 is 0.848 bits per heavy atom. The van der Waals surface area contributed by atoms with Gasteiger partial charge in [-0.25, -0.2) is 38.8 Å². The van der Waals surface area contributed by atoms with Crippen molar-refractivity contribution >= 4 is 225 Å². The second kappa shape index (κ2) is 35.4. The van der Waals surface area contributed by atoms with Gasteiger partial charge in [-0.05, 0) is 320 Å². The molecule has 14 aromatic carbocycles. The van der Waals surface area contributed by atoms with Gasteiger partial charge in [0.25, 0.3) is 47.3 Å². The van der Waals surface area contributed by atoms with E-state index in [-0.39, 0.29) is 101 Å². The highest BCUT2D eigenvalue weighted by Gasteiger charge is 2.56. The predicted molar refractivity (Wildman–Crippen MR) is 555 cm³/mol. The Labute approximate surface area is 805 Å². The van der Waals surface area contributed by atoms with Crippen LogP contribution in [0.2, 0.25) is 0 Å². The molecule has 0 radical (unpaired) electrons. The molecule has 0 fully saturated rings. The molecular formula is C104H72F3N4O18P9. The number of amides is 8. The summed E-state index contributed by atoms with van der Waals surface area (Å²) in [6.07, 6.45) is 0.397. The molecule has 0 saturated heterocycles. The largest absolute Gasteiger partial charge is 0.508 e. The van der Waals surface area contributed by atoms with Crippen molar-refractivity contribution in [1.29, 1.82) is 0 Å². The lowest BCUT2D eigenvalue weighted by molar-refractivity contribution is -0.173. The van der Waals surface area contributed by atoms with Gasteiger partial charge in [-0.2, -0.15) is 13.2 Å². The number of terminal acetylenes is 1. The number of carbonyl (C=O) groups is 12. The Hall–Kier alpha value is -13.7. The number of fused-ring (bicyclic) bond motifs is 4. The van der Waals surface area contributed by atoms with Crippen LogP contribution in [-0.4, -0.2) is 103 Å². The van der Waals surface area contributed by atoms with E-state index in [1.807, 2.05) is 44.2 Å². The van der Waals surface area contributed by atoms with Crippen LogP contribution in [0.25, 0.3) is 66.8 Å². The van der Waals surface area contributed by atoms with Crippen LogP contribution in [-0.2, 0) is 10.8 Å². The summed E-state index contributed by atoms with van der Waals surface area (Å²) in [5, 5.41) is 57.1. The number of ether oxygens (including phenoxy) is 1. The minimum Gasteiger partial charge on any atom is -0.508 e. The van der Waals surface area contributed by atoms with Crippen LogP contribution in [0, 0.1) is 12.3 Å². The van der Waals surface area contributed by atoms with Gasteiger partial charge in [0, 0.05) is 11.0 Å². The zero-order valence-electron chi connectivity index (χ0n) is 72.3. The molecule has 682 valence electrons. The maximum atomic E-state index is 16.2. The number of alkyl halides is 3. The molecule has 0 spiro atoms. The lowest BCUT2D eigenvalue weighted by Gasteiger charge is -2.33. The monoisotopic (exact) mass is 2000 g/mol. The first-order valence-corrected chi connectivity index (χ1v) is 46.9. The minimum atomic E-state index is -5.20. The van der Waals surface area contributed by atoms with Crippen molar-refractivity contribution < 1.29 is 101 Å². The maximum Gasteiger partial charge on any atom is 0.402 e. The second-order valence-electron chi connectivity index (χ2n) is 33.9. The van der Waals surface area contributed by atoms with E-state index in [0.29, 0.717) is 97.1 Å². The highest BCUT2D eigenvalue weighted by molar-refractivity contribution is 7.38. The highest BCUT2D eigenvalue weighted by Crippen LogP contribution is 2.50. The van der Waals surface area contributed by atoms with Crippen molar-refractivity contribution in [3.63, 3.8) is 0 Å². The van der Waals surface area contributed by atoms with E-state index in [2.05, 4.69) is 89.1 Å². The number of hydrogen-bond acceptors (Lipinski definition) is 14. The Morgan fingerprint density at radius 1 is 0.304 bits per heavy atom. The molecule has 0 aliphatic carbocycles.